The molecule has 0 spiro atoms. The van der Waals surface area contributed by atoms with Gasteiger partial charge in [0.05, 0.1) is 10.0 Å². The number of hydrogen-bond donors (Lipinski definition) is 2. The molecule has 2 amide bonds. The molecule has 0 radical (unpaired) electrons. The van der Waals surface area contributed by atoms with E-state index in [1.807, 2.05) is 12.1 Å². The van der Waals surface area contributed by atoms with Gasteiger partial charge in [0.15, 0.2) is 6.61 Å². The second-order valence-corrected chi connectivity index (χ2v) is 7.18. The number of halogens is 2. The van der Waals surface area contributed by atoms with Crippen LogP contribution >= 0.6 is 23.2 Å². The number of alkyl carbamates (subject to hydrolysis) is 1. The number of likely N-dealkylation sites (tertiary alicyclic amines) is 1. The van der Waals surface area contributed by atoms with E-state index in [2.05, 4.69) is 15.5 Å². The molecule has 0 aliphatic carbocycles. The normalized spacial score (nSPS) is 15.5. The molecule has 26 heavy (non-hydrogen) atoms. The highest BCUT2D eigenvalue weighted by molar-refractivity contribution is 6.42. The lowest BCUT2D eigenvalue weighted by Crippen LogP contribution is -2.35. The quantitative estimate of drug-likeness (QED) is 0.736. The number of likely N-dealkylation sites (N-methyl/N-ethyl adjacent to an activating group) is 1. The fourth-order valence-corrected chi connectivity index (χ4v) is 3.36. The summed E-state index contributed by atoms with van der Waals surface area (Å²) < 4.78 is 4.79. The van der Waals surface area contributed by atoms with Crippen LogP contribution in [0.3, 0.4) is 0 Å². The maximum Gasteiger partial charge on any atom is 0.407 e. The number of carbonyl (C=O) groups is 2. The molecule has 1 heterocycles. The summed E-state index contributed by atoms with van der Waals surface area (Å²) in [4.78, 5) is 24.9. The van der Waals surface area contributed by atoms with E-state index in [1.165, 1.54) is 7.05 Å². The van der Waals surface area contributed by atoms with Crippen molar-refractivity contribution in [2.24, 2.45) is 5.92 Å². The number of rotatable bonds is 7. The van der Waals surface area contributed by atoms with Gasteiger partial charge in [0.1, 0.15) is 0 Å². The van der Waals surface area contributed by atoms with Gasteiger partial charge in [-0.25, -0.2) is 4.79 Å². The van der Waals surface area contributed by atoms with E-state index < -0.39 is 6.09 Å². The first-order valence-corrected chi connectivity index (χ1v) is 9.51. The summed E-state index contributed by atoms with van der Waals surface area (Å²) in [6.07, 6.45) is 2.50. The van der Waals surface area contributed by atoms with Gasteiger partial charge in [0.25, 0.3) is 5.91 Å². The molecule has 1 aromatic carbocycles. The molecule has 1 saturated heterocycles. The molecule has 0 saturated carbocycles. The van der Waals surface area contributed by atoms with Crippen LogP contribution in [0.15, 0.2) is 18.2 Å². The predicted octanol–water partition coefficient (Wildman–Crippen LogP) is 3.07. The van der Waals surface area contributed by atoms with E-state index in [0.29, 0.717) is 22.5 Å². The maximum absolute atomic E-state index is 11.5. The SMILES string of the molecule is CNC(=O)COC(=O)NCCC1CCN(Cc2cccc(Cl)c2Cl)CC1. The molecule has 0 bridgehead atoms. The Morgan fingerprint density at radius 1 is 1.27 bits per heavy atom. The number of benzene rings is 1. The Bertz CT molecular complexity index is 620. The Balaban J connectivity index is 1.63. The molecule has 144 valence electrons. The van der Waals surface area contributed by atoms with Gasteiger partial charge in [0, 0.05) is 20.1 Å². The zero-order chi connectivity index (χ0) is 18.9. The molecule has 8 heteroatoms. The van der Waals surface area contributed by atoms with Gasteiger partial charge in [-0.3, -0.25) is 9.69 Å². The molecule has 1 aliphatic rings. The highest BCUT2D eigenvalue weighted by Crippen LogP contribution is 2.28. The van der Waals surface area contributed by atoms with Gasteiger partial charge in [-0.1, -0.05) is 35.3 Å². The van der Waals surface area contributed by atoms with Gasteiger partial charge < -0.3 is 15.4 Å². The van der Waals surface area contributed by atoms with Crippen LogP contribution in [-0.4, -0.2) is 50.2 Å². The van der Waals surface area contributed by atoms with Crippen LogP contribution in [0.1, 0.15) is 24.8 Å². The molecule has 2 rings (SSSR count). The molecular weight excluding hydrogens is 377 g/mol. The summed E-state index contributed by atoms with van der Waals surface area (Å²) in [7, 11) is 1.50. The molecule has 0 aromatic heterocycles. The van der Waals surface area contributed by atoms with Crippen molar-refractivity contribution in [3.8, 4) is 0 Å². The smallest absolute Gasteiger partial charge is 0.407 e. The highest BCUT2D eigenvalue weighted by atomic mass is 35.5. The zero-order valence-electron chi connectivity index (χ0n) is 14.9. The predicted molar refractivity (Wildman–Crippen MR) is 102 cm³/mol. The maximum atomic E-state index is 11.5. The largest absolute Gasteiger partial charge is 0.439 e. The van der Waals surface area contributed by atoms with Crippen molar-refractivity contribution in [2.45, 2.75) is 25.8 Å². The molecule has 1 aromatic rings. The van der Waals surface area contributed by atoms with E-state index in [0.717, 1.165) is 44.5 Å². The van der Waals surface area contributed by atoms with Crippen molar-refractivity contribution >= 4 is 35.2 Å². The van der Waals surface area contributed by atoms with Gasteiger partial charge in [-0.15, -0.1) is 0 Å². The van der Waals surface area contributed by atoms with Crippen molar-refractivity contribution in [2.75, 3.05) is 33.3 Å². The summed E-state index contributed by atoms with van der Waals surface area (Å²) in [5, 5.41) is 6.31. The van der Waals surface area contributed by atoms with Gasteiger partial charge in [-0.05, 0) is 49.9 Å². The molecular formula is C18H25Cl2N3O3. The van der Waals surface area contributed by atoms with Crippen LogP contribution < -0.4 is 10.6 Å². The lowest BCUT2D eigenvalue weighted by atomic mass is 9.93. The lowest BCUT2D eigenvalue weighted by Gasteiger charge is -2.32. The number of amides is 2. The second-order valence-electron chi connectivity index (χ2n) is 6.40. The van der Waals surface area contributed by atoms with Crippen LogP contribution in [0.5, 0.6) is 0 Å². The summed E-state index contributed by atoms with van der Waals surface area (Å²) in [5.41, 5.74) is 1.05. The van der Waals surface area contributed by atoms with E-state index in [1.54, 1.807) is 6.07 Å². The number of hydrogen-bond acceptors (Lipinski definition) is 4. The molecule has 2 N–H and O–H groups in total. The summed E-state index contributed by atoms with van der Waals surface area (Å²) in [5.74, 6) is 0.243. The van der Waals surface area contributed by atoms with Gasteiger partial charge in [0.2, 0.25) is 0 Å². The van der Waals surface area contributed by atoms with E-state index in [-0.39, 0.29) is 12.5 Å². The minimum atomic E-state index is -0.554. The molecule has 0 unspecified atom stereocenters. The summed E-state index contributed by atoms with van der Waals surface area (Å²) >= 11 is 12.3. The van der Waals surface area contributed by atoms with Crippen LogP contribution in [0.4, 0.5) is 4.79 Å². The fraction of sp³-hybridized carbons (Fsp3) is 0.556. The van der Waals surface area contributed by atoms with Crippen LogP contribution in [0.25, 0.3) is 0 Å². The van der Waals surface area contributed by atoms with Crippen molar-refractivity contribution in [3.05, 3.63) is 33.8 Å². The highest BCUT2D eigenvalue weighted by Gasteiger charge is 2.20. The Morgan fingerprint density at radius 3 is 2.69 bits per heavy atom. The molecule has 1 fully saturated rings. The van der Waals surface area contributed by atoms with Crippen LogP contribution in [0.2, 0.25) is 10.0 Å². The van der Waals surface area contributed by atoms with Crippen molar-refractivity contribution in [1.29, 1.82) is 0 Å². The second kappa shape index (κ2) is 10.6. The number of nitrogens with zero attached hydrogens (tertiary/aromatic N) is 1. The number of piperidine rings is 1. The van der Waals surface area contributed by atoms with Crippen LogP contribution in [-0.2, 0) is 16.1 Å². The third-order valence-corrected chi connectivity index (χ3v) is 5.43. The first-order valence-electron chi connectivity index (χ1n) is 8.76. The van der Waals surface area contributed by atoms with Crippen molar-refractivity contribution in [1.82, 2.24) is 15.5 Å². The monoisotopic (exact) mass is 401 g/mol. The lowest BCUT2D eigenvalue weighted by molar-refractivity contribution is -0.123. The Hall–Kier alpha value is -1.50. The third-order valence-electron chi connectivity index (χ3n) is 4.57. The Kier molecular flexibility index (Phi) is 8.48. The molecule has 1 aliphatic heterocycles. The first kappa shape index (κ1) is 20.8. The van der Waals surface area contributed by atoms with Gasteiger partial charge in [-0.2, -0.15) is 0 Å². The average molecular weight is 402 g/mol. The van der Waals surface area contributed by atoms with Crippen LogP contribution in [0, 0.1) is 5.92 Å². The minimum absolute atomic E-state index is 0.257. The van der Waals surface area contributed by atoms with E-state index in [4.69, 9.17) is 27.9 Å². The Labute approximate surface area is 164 Å². The molecule has 6 nitrogen and oxygen atoms in total. The standard InChI is InChI=1S/C18H25Cl2N3O3/c1-21-16(24)12-26-18(25)22-8-5-13-6-9-23(10-7-13)11-14-3-2-4-15(19)17(14)20/h2-4,13H,5-12H2,1H3,(H,21,24)(H,22,25). The topological polar surface area (TPSA) is 70.7 Å². The van der Waals surface area contributed by atoms with Crippen molar-refractivity contribution < 1.29 is 14.3 Å². The summed E-state index contributed by atoms with van der Waals surface area (Å²) in [6, 6.07) is 5.73. The van der Waals surface area contributed by atoms with Crippen molar-refractivity contribution in [3.63, 3.8) is 0 Å². The van der Waals surface area contributed by atoms with E-state index in [9.17, 15) is 9.59 Å². The number of ether oxygens (including phenoxy) is 1. The summed E-state index contributed by atoms with van der Waals surface area (Å²) in [6.45, 7) is 3.09. The average Bonchev–Trinajstić information content (AvgIpc) is 2.65. The van der Waals surface area contributed by atoms with E-state index >= 15 is 0 Å². The minimum Gasteiger partial charge on any atom is -0.439 e. The number of carbonyl (C=O) groups excluding carboxylic acids is 2. The number of nitrogens with one attached hydrogen (secondary N) is 2. The fourth-order valence-electron chi connectivity index (χ4n) is 2.98. The molecule has 0 atom stereocenters. The third kappa shape index (κ3) is 6.67. The van der Waals surface area contributed by atoms with Gasteiger partial charge >= 0.3 is 6.09 Å². The Morgan fingerprint density at radius 2 is 2.00 bits per heavy atom. The first-order chi connectivity index (χ1) is 12.5. The zero-order valence-corrected chi connectivity index (χ0v) is 16.4.